The molecule has 0 saturated carbocycles. The van der Waals surface area contributed by atoms with Gasteiger partial charge in [-0.05, 0) is 29.5 Å². The van der Waals surface area contributed by atoms with Gasteiger partial charge in [0.05, 0.1) is 6.61 Å². The molecular formula is C15H24O3. The molecule has 1 rings (SSSR count). The van der Waals surface area contributed by atoms with Crippen LogP contribution in [0.25, 0.3) is 0 Å². The minimum absolute atomic E-state index is 0.138. The van der Waals surface area contributed by atoms with Gasteiger partial charge in [-0.25, -0.2) is 0 Å². The van der Waals surface area contributed by atoms with Gasteiger partial charge in [0.25, 0.3) is 0 Å². The second kappa shape index (κ2) is 6.21. The van der Waals surface area contributed by atoms with Crippen molar-refractivity contribution in [2.45, 2.75) is 39.2 Å². The Morgan fingerprint density at radius 3 is 2.39 bits per heavy atom. The number of rotatable bonds is 5. The summed E-state index contributed by atoms with van der Waals surface area (Å²) in [5.74, 6) is 0.818. The van der Waals surface area contributed by atoms with Crippen molar-refractivity contribution in [3.63, 3.8) is 0 Å². The molecule has 0 aromatic heterocycles. The predicted molar refractivity (Wildman–Crippen MR) is 73.3 cm³/mol. The molecular weight excluding hydrogens is 228 g/mol. The number of methoxy groups -OCH3 is 1. The van der Waals surface area contributed by atoms with Crippen LogP contribution >= 0.6 is 0 Å². The highest BCUT2D eigenvalue weighted by molar-refractivity contribution is 5.38. The van der Waals surface area contributed by atoms with Gasteiger partial charge >= 0.3 is 0 Å². The average molecular weight is 252 g/mol. The summed E-state index contributed by atoms with van der Waals surface area (Å²) in [6, 6.07) is 6.18. The number of benzene rings is 1. The number of ether oxygens (including phenoxy) is 2. The van der Waals surface area contributed by atoms with E-state index in [0.29, 0.717) is 6.61 Å². The Hall–Kier alpha value is -1.06. The zero-order valence-corrected chi connectivity index (χ0v) is 12.0. The number of hydrogen-bond donors (Lipinski definition) is 1. The lowest BCUT2D eigenvalue weighted by molar-refractivity contribution is 0.0324. The Kier molecular flexibility index (Phi) is 5.17. The third-order valence-electron chi connectivity index (χ3n) is 2.83. The fourth-order valence-corrected chi connectivity index (χ4v) is 1.70. The van der Waals surface area contributed by atoms with Crippen LogP contribution in [0, 0.1) is 6.92 Å². The summed E-state index contributed by atoms with van der Waals surface area (Å²) in [5.41, 5.74) is 2.51. The smallest absolute Gasteiger partial charge is 0.122 e. The molecule has 1 unspecified atom stereocenters. The standard InChI is InChI=1S/C15H24O3/c1-11-8-12(15(2,3)4)6-7-14(11)18-10-13(16)9-17-5/h6-8,13,16H,9-10H2,1-5H3. The summed E-state index contributed by atoms with van der Waals surface area (Å²) in [6.45, 7) is 9.12. The van der Waals surface area contributed by atoms with Crippen molar-refractivity contribution in [1.29, 1.82) is 0 Å². The minimum Gasteiger partial charge on any atom is -0.491 e. The molecule has 0 heterocycles. The Morgan fingerprint density at radius 2 is 1.89 bits per heavy atom. The van der Waals surface area contributed by atoms with E-state index in [1.54, 1.807) is 7.11 Å². The van der Waals surface area contributed by atoms with Gasteiger partial charge in [0.1, 0.15) is 18.5 Å². The fourth-order valence-electron chi connectivity index (χ4n) is 1.70. The lowest BCUT2D eigenvalue weighted by atomic mass is 9.86. The summed E-state index contributed by atoms with van der Waals surface area (Å²) in [6.07, 6.45) is -0.586. The molecule has 0 saturated heterocycles. The Labute approximate surface area is 110 Å². The molecule has 3 heteroatoms. The molecule has 3 nitrogen and oxygen atoms in total. The van der Waals surface area contributed by atoms with Crippen molar-refractivity contribution in [3.05, 3.63) is 29.3 Å². The number of hydrogen-bond acceptors (Lipinski definition) is 3. The first kappa shape index (κ1) is 15.0. The highest BCUT2D eigenvalue weighted by atomic mass is 16.5. The highest BCUT2D eigenvalue weighted by Gasteiger charge is 2.15. The van der Waals surface area contributed by atoms with Gasteiger partial charge in [-0.15, -0.1) is 0 Å². The summed E-state index contributed by atoms with van der Waals surface area (Å²) in [7, 11) is 1.56. The normalized spacial score (nSPS) is 13.4. The molecule has 0 aliphatic rings. The maximum absolute atomic E-state index is 9.54. The van der Waals surface area contributed by atoms with E-state index in [2.05, 4.69) is 32.9 Å². The van der Waals surface area contributed by atoms with E-state index >= 15 is 0 Å². The highest BCUT2D eigenvalue weighted by Crippen LogP contribution is 2.27. The molecule has 0 radical (unpaired) electrons. The van der Waals surface area contributed by atoms with Crippen molar-refractivity contribution in [3.8, 4) is 5.75 Å². The summed E-state index contributed by atoms with van der Waals surface area (Å²) >= 11 is 0. The van der Waals surface area contributed by atoms with Gasteiger partial charge in [0.2, 0.25) is 0 Å². The summed E-state index contributed by atoms with van der Waals surface area (Å²) in [5, 5.41) is 9.54. The number of aryl methyl sites for hydroxylation is 1. The van der Waals surface area contributed by atoms with Gasteiger partial charge in [-0.2, -0.15) is 0 Å². The molecule has 1 atom stereocenters. The first-order valence-electron chi connectivity index (χ1n) is 6.25. The van der Waals surface area contributed by atoms with Gasteiger partial charge in [0.15, 0.2) is 0 Å². The first-order valence-corrected chi connectivity index (χ1v) is 6.25. The van der Waals surface area contributed by atoms with Crippen LogP contribution in [-0.2, 0) is 10.2 Å². The fraction of sp³-hybridized carbons (Fsp3) is 0.600. The molecule has 1 aromatic rings. The van der Waals surface area contributed by atoms with E-state index in [1.807, 2.05) is 13.0 Å². The quantitative estimate of drug-likeness (QED) is 0.875. The Balaban J connectivity index is 2.69. The van der Waals surface area contributed by atoms with Crippen LogP contribution in [0.2, 0.25) is 0 Å². The van der Waals surface area contributed by atoms with Crippen LogP contribution in [0.4, 0.5) is 0 Å². The molecule has 1 N–H and O–H groups in total. The molecule has 0 fully saturated rings. The van der Waals surface area contributed by atoms with Crippen molar-refractivity contribution in [1.82, 2.24) is 0 Å². The Morgan fingerprint density at radius 1 is 1.22 bits per heavy atom. The van der Waals surface area contributed by atoms with Crippen molar-refractivity contribution < 1.29 is 14.6 Å². The van der Waals surface area contributed by atoms with Crippen LogP contribution in [0.3, 0.4) is 0 Å². The molecule has 102 valence electrons. The summed E-state index contributed by atoms with van der Waals surface area (Å²) < 4.78 is 10.4. The van der Waals surface area contributed by atoms with E-state index in [-0.39, 0.29) is 12.0 Å². The molecule has 1 aromatic carbocycles. The maximum Gasteiger partial charge on any atom is 0.122 e. The van der Waals surface area contributed by atoms with E-state index in [4.69, 9.17) is 9.47 Å². The molecule has 0 amide bonds. The second-order valence-electron chi connectivity index (χ2n) is 5.65. The molecule has 0 bridgehead atoms. The monoisotopic (exact) mass is 252 g/mol. The zero-order valence-electron chi connectivity index (χ0n) is 12.0. The number of aliphatic hydroxyl groups excluding tert-OH is 1. The van der Waals surface area contributed by atoms with E-state index < -0.39 is 6.10 Å². The molecule has 0 spiro atoms. The predicted octanol–water partition coefficient (Wildman–Crippen LogP) is 2.68. The van der Waals surface area contributed by atoms with Crippen LogP contribution in [0.1, 0.15) is 31.9 Å². The SMILES string of the molecule is COCC(O)COc1ccc(C(C)(C)C)cc1C. The molecule has 0 aliphatic heterocycles. The molecule has 0 aliphatic carbocycles. The molecule has 18 heavy (non-hydrogen) atoms. The second-order valence-corrected chi connectivity index (χ2v) is 5.65. The van der Waals surface area contributed by atoms with E-state index in [9.17, 15) is 5.11 Å². The topological polar surface area (TPSA) is 38.7 Å². The van der Waals surface area contributed by atoms with E-state index in [0.717, 1.165) is 11.3 Å². The van der Waals surface area contributed by atoms with Gasteiger partial charge in [-0.3, -0.25) is 0 Å². The minimum atomic E-state index is -0.586. The Bertz CT molecular complexity index is 380. The van der Waals surface area contributed by atoms with Crippen molar-refractivity contribution >= 4 is 0 Å². The lowest BCUT2D eigenvalue weighted by Crippen LogP contribution is -2.23. The van der Waals surface area contributed by atoms with Gasteiger partial charge in [-0.1, -0.05) is 32.9 Å². The van der Waals surface area contributed by atoms with Crippen molar-refractivity contribution in [2.75, 3.05) is 20.3 Å². The number of aliphatic hydroxyl groups is 1. The van der Waals surface area contributed by atoms with Crippen LogP contribution in [-0.4, -0.2) is 31.5 Å². The van der Waals surface area contributed by atoms with Gasteiger partial charge in [0, 0.05) is 7.11 Å². The van der Waals surface area contributed by atoms with Crippen LogP contribution in [0.15, 0.2) is 18.2 Å². The van der Waals surface area contributed by atoms with E-state index in [1.165, 1.54) is 5.56 Å². The van der Waals surface area contributed by atoms with Crippen molar-refractivity contribution in [2.24, 2.45) is 0 Å². The van der Waals surface area contributed by atoms with Gasteiger partial charge < -0.3 is 14.6 Å². The summed E-state index contributed by atoms with van der Waals surface area (Å²) in [4.78, 5) is 0. The maximum atomic E-state index is 9.54. The van der Waals surface area contributed by atoms with Crippen LogP contribution in [0.5, 0.6) is 5.75 Å². The zero-order chi connectivity index (χ0) is 13.8. The van der Waals surface area contributed by atoms with Crippen LogP contribution < -0.4 is 4.74 Å². The third-order valence-corrected chi connectivity index (χ3v) is 2.83. The lowest BCUT2D eigenvalue weighted by Gasteiger charge is -2.21. The average Bonchev–Trinajstić information content (AvgIpc) is 2.26. The first-order chi connectivity index (χ1) is 8.34. The third kappa shape index (κ3) is 4.31. The largest absolute Gasteiger partial charge is 0.491 e.